The van der Waals surface area contributed by atoms with Crippen LogP contribution in [0.4, 0.5) is 4.79 Å². The summed E-state index contributed by atoms with van der Waals surface area (Å²) >= 11 is 0. The third-order valence-electron chi connectivity index (χ3n) is 3.23. The molecule has 8 heteroatoms. The highest BCUT2D eigenvalue weighted by atomic mass is 16.5. The van der Waals surface area contributed by atoms with Crippen molar-refractivity contribution in [3.8, 4) is 11.5 Å². The van der Waals surface area contributed by atoms with Crippen LogP contribution in [0.15, 0.2) is 46.1 Å². The van der Waals surface area contributed by atoms with Crippen LogP contribution >= 0.6 is 0 Å². The predicted molar refractivity (Wildman–Crippen MR) is 89.2 cm³/mol. The molecule has 1 N–H and O–H groups in total. The van der Waals surface area contributed by atoms with Gasteiger partial charge in [-0.3, -0.25) is 15.0 Å². The van der Waals surface area contributed by atoms with Gasteiger partial charge in [-0.15, -0.1) is 0 Å². The quantitative estimate of drug-likeness (QED) is 0.674. The van der Waals surface area contributed by atoms with E-state index in [-0.39, 0.29) is 18.3 Å². The fourth-order valence-electron chi connectivity index (χ4n) is 1.99. The van der Waals surface area contributed by atoms with Crippen molar-refractivity contribution in [2.75, 3.05) is 13.7 Å². The van der Waals surface area contributed by atoms with E-state index >= 15 is 0 Å². The van der Waals surface area contributed by atoms with Gasteiger partial charge >= 0.3 is 12.1 Å². The number of nitrogens with zero attached hydrogens (tertiary/aromatic N) is 3. The zero-order chi connectivity index (χ0) is 17.5. The maximum absolute atomic E-state index is 11.7. The number of amidine groups is 1. The molecular formula is C16H18N4O4. The molecule has 0 radical (unpaired) electrons. The van der Waals surface area contributed by atoms with Crippen molar-refractivity contribution in [1.82, 2.24) is 10.2 Å². The number of nitrogens with one attached hydrogen (secondary N) is 1. The van der Waals surface area contributed by atoms with Gasteiger partial charge in [0.05, 0.1) is 13.3 Å². The van der Waals surface area contributed by atoms with E-state index in [2.05, 4.69) is 22.0 Å². The number of imide groups is 1. The number of carbonyl (C=O) groups is 2. The van der Waals surface area contributed by atoms with Gasteiger partial charge in [-0.05, 0) is 25.8 Å². The molecule has 1 aromatic carbocycles. The lowest BCUT2D eigenvalue weighted by Gasteiger charge is -2.26. The van der Waals surface area contributed by atoms with Crippen LogP contribution < -0.4 is 14.8 Å². The molecule has 1 fully saturated rings. The highest BCUT2D eigenvalue weighted by molar-refractivity contribution is 5.97. The molecule has 0 unspecified atom stereocenters. The number of ether oxygens (including phenoxy) is 2. The molecule has 0 saturated carbocycles. The second kappa shape index (κ2) is 7.91. The Morgan fingerprint density at radius 1 is 1.38 bits per heavy atom. The second-order valence-electron chi connectivity index (χ2n) is 4.88. The van der Waals surface area contributed by atoms with Gasteiger partial charge in [0.25, 0.3) is 0 Å². The van der Waals surface area contributed by atoms with Crippen LogP contribution in [0.25, 0.3) is 0 Å². The Kier molecular flexibility index (Phi) is 5.67. The third kappa shape index (κ3) is 4.42. The summed E-state index contributed by atoms with van der Waals surface area (Å²) in [5.41, 5.74) is 0.551. The number of hydrogen-bond donors (Lipinski definition) is 1. The maximum Gasteiger partial charge on any atom is 0.328 e. The molecule has 1 heterocycles. The molecular weight excluding hydrogens is 312 g/mol. The molecule has 1 aliphatic rings. The largest absolute Gasteiger partial charge is 0.497 e. The van der Waals surface area contributed by atoms with Gasteiger partial charge in [0.15, 0.2) is 0 Å². The van der Waals surface area contributed by atoms with Gasteiger partial charge < -0.3 is 9.47 Å². The van der Waals surface area contributed by atoms with Gasteiger partial charge in [0.1, 0.15) is 11.5 Å². The molecule has 0 aromatic heterocycles. The fraction of sp³-hybridized carbons (Fsp3) is 0.250. The molecule has 0 spiro atoms. The topological polar surface area (TPSA) is 92.6 Å². The number of carbonyl (C=O) groups excluding carboxylic acids is 2. The Bertz CT molecular complexity index is 712. The van der Waals surface area contributed by atoms with Crippen LogP contribution in [0.3, 0.4) is 0 Å². The standard InChI is InChI=1S/C16H18N4O4/c1-11(20-8-7-14(21)19-16(20)22)10-18-15(17-2)24-13-6-4-5-12(9-13)23-3/h4-6,9-10H,2,7-8H2,1,3H3,(H,19,21,22)/b11-10+,18-15?. The van der Waals surface area contributed by atoms with E-state index in [0.29, 0.717) is 23.7 Å². The minimum Gasteiger partial charge on any atom is -0.497 e. The summed E-state index contributed by atoms with van der Waals surface area (Å²) in [5.74, 6) is 0.840. The highest BCUT2D eigenvalue weighted by Gasteiger charge is 2.23. The number of benzene rings is 1. The number of amides is 3. The Balaban J connectivity index is 2.10. The first-order valence-electron chi connectivity index (χ1n) is 7.18. The van der Waals surface area contributed by atoms with E-state index in [1.807, 2.05) is 0 Å². The van der Waals surface area contributed by atoms with E-state index in [9.17, 15) is 9.59 Å². The molecule has 126 valence electrons. The SMILES string of the molecule is C=NC(=N/C=C(\C)N1CCC(=O)NC1=O)Oc1cccc(OC)c1. The van der Waals surface area contributed by atoms with Crippen LogP contribution in [0.1, 0.15) is 13.3 Å². The smallest absolute Gasteiger partial charge is 0.328 e. The van der Waals surface area contributed by atoms with Crippen molar-refractivity contribution in [1.29, 1.82) is 0 Å². The van der Waals surface area contributed by atoms with Crippen LogP contribution in [0, 0.1) is 0 Å². The van der Waals surface area contributed by atoms with Gasteiger partial charge in [-0.1, -0.05) is 6.07 Å². The van der Waals surface area contributed by atoms with Gasteiger partial charge in [0.2, 0.25) is 5.91 Å². The van der Waals surface area contributed by atoms with Crippen molar-refractivity contribution in [3.63, 3.8) is 0 Å². The van der Waals surface area contributed by atoms with Crippen molar-refractivity contribution in [2.45, 2.75) is 13.3 Å². The van der Waals surface area contributed by atoms with Gasteiger partial charge in [0, 0.05) is 24.7 Å². The number of allylic oxidation sites excluding steroid dienone is 1. The molecule has 0 atom stereocenters. The fourth-order valence-corrected chi connectivity index (χ4v) is 1.99. The number of methoxy groups -OCH3 is 1. The normalized spacial score (nSPS) is 15.8. The van der Waals surface area contributed by atoms with E-state index < -0.39 is 6.03 Å². The lowest BCUT2D eigenvalue weighted by molar-refractivity contribution is -0.121. The summed E-state index contributed by atoms with van der Waals surface area (Å²) in [7, 11) is 1.56. The van der Waals surface area contributed by atoms with Crippen LogP contribution in [-0.2, 0) is 4.79 Å². The molecule has 0 aliphatic carbocycles. The number of hydrogen-bond acceptors (Lipinski definition) is 5. The summed E-state index contributed by atoms with van der Waals surface area (Å²) < 4.78 is 10.6. The zero-order valence-corrected chi connectivity index (χ0v) is 13.5. The molecule has 0 bridgehead atoms. The van der Waals surface area contributed by atoms with Crippen molar-refractivity contribution < 1.29 is 19.1 Å². The van der Waals surface area contributed by atoms with E-state index in [1.165, 1.54) is 11.1 Å². The minimum absolute atomic E-state index is 0.0242. The number of rotatable bonds is 4. The van der Waals surface area contributed by atoms with Crippen molar-refractivity contribution >= 4 is 24.7 Å². The number of aliphatic imine (C=N–C) groups is 2. The van der Waals surface area contributed by atoms with Gasteiger partial charge in [-0.2, -0.15) is 0 Å². The molecule has 1 aliphatic heterocycles. The first-order valence-corrected chi connectivity index (χ1v) is 7.18. The Morgan fingerprint density at radius 3 is 2.79 bits per heavy atom. The summed E-state index contributed by atoms with van der Waals surface area (Å²) in [4.78, 5) is 32.1. The van der Waals surface area contributed by atoms with Crippen molar-refractivity contribution in [3.05, 3.63) is 36.2 Å². The average Bonchev–Trinajstić information content (AvgIpc) is 2.58. The van der Waals surface area contributed by atoms with Crippen LogP contribution in [-0.4, -0.2) is 43.2 Å². The van der Waals surface area contributed by atoms with Crippen LogP contribution in [0.5, 0.6) is 11.5 Å². The van der Waals surface area contributed by atoms with Crippen molar-refractivity contribution in [2.24, 2.45) is 9.98 Å². The highest BCUT2D eigenvalue weighted by Crippen LogP contribution is 2.19. The molecule has 2 rings (SSSR count). The van der Waals surface area contributed by atoms with E-state index in [0.717, 1.165) is 0 Å². The molecule has 3 amide bonds. The lowest BCUT2D eigenvalue weighted by atomic mass is 10.3. The minimum atomic E-state index is -0.475. The molecule has 8 nitrogen and oxygen atoms in total. The summed E-state index contributed by atoms with van der Waals surface area (Å²) in [5, 5.41) is 2.24. The number of urea groups is 1. The Labute approximate surface area is 139 Å². The Hall–Kier alpha value is -3.16. The maximum atomic E-state index is 11.7. The molecule has 1 aromatic rings. The molecule has 24 heavy (non-hydrogen) atoms. The monoisotopic (exact) mass is 330 g/mol. The Morgan fingerprint density at radius 2 is 2.12 bits per heavy atom. The summed E-state index contributed by atoms with van der Waals surface area (Å²) in [6.07, 6.45) is 1.67. The first kappa shape index (κ1) is 17.2. The van der Waals surface area contributed by atoms with Crippen LogP contribution in [0.2, 0.25) is 0 Å². The first-order chi connectivity index (χ1) is 11.5. The van der Waals surface area contributed by atoms with E-state index in [1.54, 1.807) is 38.3 Å². The average molecular weight is 330 g/mol. The predicted octanol–water partition coefficient (Wildman–Crippen LogP) is 1.93. The van der Waals surface area contributed by atoms with Gasteiger partial charge in [-0.25, -0.2) is 14.8 Å². The zero-order valence-electron chi connectivity index (χ0n) is 13.5. The summed E-state index contributed by atoms with van der Waals surface area (Å²) in [6, 6.07) is 6.51. The summed E-state index contributed by atoms with van der Waals surface area (Å²) in [6.45, 7) is 5.41. The van der Waals surface area contributed by atoms with E-state index in [4.69, 9.17) is 9.47 Å². The second-order valence-corrected chi connectivity index (χ2v) is 4.88. The molecule has 1 saturated heterocycles. The lowest BCUT2D eigenvalue weighted by Crippen LogP contribution is -2.48. The third-order valence-corrected chi connectivity index (χ3v) is 3.23.